The molecule has 188 valence electrons. The summed E-state index contributed by atoms with van der Waals surface area (Å²) in [6.07, 6.45) is -2.75. The fourth-order valence-corrected chi connectivity index (χ4v) is 4.49. The molecule has 2 aromatic heterocycles. The molecule has 1 fully saturated rings. The van der Waals surface area contributed by atoms with Gasteiger partial charge in [-0.2, -0.15) is 13.2 Å². The van der Waals surface area contributed by atoms with Crippen LogP contribution >= 0.6 is 22.9 Å². The largest absolute Gasteiger partial charge is 0.489 e. The molecule has 2 aliphatic rings. The Morgan fingerprint density at radius 2 is 2.03 bits per heavy atom. The van der Waals surface area contributed by atoms with Crippen molar-refractivity contribution in [2.75, 3.05) is 17.2 Å². The van der Waals surface area contributed by atoms with E-state index < -0.39 is 28.7 Å². The Morgan fingerprint density at radius 1 is 1.22 bits per heavy atom. The average Bonchev–Trinajstić information content (AvgIpc) is 3.40. The Bertz CT molecular complexity index is 1350. The van der Waals surface area contributed by atoms with E-state index in [4.69, 9.17) is 21.1 Å². The van der Waals surface area contributed by atoms with Crippen LogP contribution in [0.2, 0.25) is 5.02 Å². The fraction of sp³-hybridized carbons (Fsp3) is 0.273. The van der Waals surface area contributed by atoms with Crippen molar-refractivity contribution in [2.24, 2.45) is 0 Å². The van der Waals surface area contributed by atoms with Crippen LogP contribution in [0.3, 0.4) is 0 Å². The molecule has 0 aliphatic carbocycles. The predicted octanol–water partition coefficient (Wildman–Crippen LogP) is 4.48. The van der Waals surface area contributed by atoms with Gasteiger partial charge in [-0.1, -0.05) is 11.6 Å². The van der Waals surface area contributed by atoms with Gasteiger partial charge in [-0.05, 0) is 31.2 Å². The van der Waals surface area contributed by atoms with Crippen molar-refractivity contribution in [1.82, 2.24) is 15.3 Å². The van der Waals surface area contributed by atoms with E-state index in [1.165, 1.54) is 6.20 Å². The second-order valence-corrected chi connectivity index (χ2v) is 9.49. The maximum atomic E-state index is 13.0. The van der Waals surface area contributed by atoms with Gasteiger partial charge >= 0.3 is 6.18 Å². The minimum absolute atomic E-state index is 0.00633. The zero-order valence-electron chi connectivity index (χ0n) is 18.4. The molecule has 3 aromatic rings. The summed E-state index contributed by atoms with van der Waals surface area (Å²) in [5, 5.41) is 8.14. The Kier molecular flexibility index (Phi) is 6.22. The molecule has 14 heteroatoms. The first-order chi connectivity index (χ1) is 17.1. The summed E-state index contributed by atoms with van der Waals surface area (Å²) in [4.78, 5) is 33.3. The number of anilines is 2. The van der Waals surface area contributed by atoms with Crippen LogP contribution in [-0.2, 0) is 10.9 Å². The number of nitrogens with zero attached hydrogens (tertiary/aromatic N) is 2. The lowest BCUT2D eigenvalue weighted by Crippen LogP contribution is -2.26. The SMILES string of the molecule is C[C@@H](NC(=O)c1ccc2c(c1)NC1OC1CO2)c1ncc(C(=O)Nc2cc(C(F)(F)F)c(Cl)cn2)s1. The number of amides is 2. The zero-order valence-corrected chi connectivity index (χ0v) is 19.9. The number of epoxide rings is 1. The molecule has 2 unspecified atom stereocenters. The summed E-state index contributed by atoms with van der Waals surface area (Å²) >= 11 is 6.54. The van der Waals surface area contributed by atoms with Gasteiger partial charge in [0.1, 0.15) is 34.2 Å². The topological polar surface area (TPSA) is 118 Å². The van der Waals surface area contributed by atoms with Crippen molar-refractivity contribution in [3.05, 3.63) is 62.7 Å². The predicted molar refractivity (Wildman–Crippen MR) is 124 cm³/mol. The van der Waals surface area contributed by atoms with Gasteiger partial charge in [-0.3, -0.25) is 9.59 Å². The van der Waals surface area contributed by atoms with Crippen LogP contribution in [-0.4, -0.2) is 40.7 Å². The second-order valence-electron chi connectivity index (χ2n) is 8.02. The van der Waals surface area contributed by atoms with E-state index in [0.717, 1.165) is 17.5 Å². The van der Waals surface area contributed by atoms with E-state index in [2.05, 4.69) is 25.9 Å². The molecule has 9 nitrogen and oxygen atoms in total. The van der Waals surface area contributed by atoms with Crippen LogP contribution in [0, 0.1) is 0 Å². The standard InChI is InChI=1S/C22H17ClF3N5O4S/c1-9(29-18(32)10-2-3-14-13(4-10)30-20-15(35-20)8-34-14)21-28-7-16(36-21)19(33)31-17-5-11(22(24,25)26)12(23)6-27-17/h2-7,9,15,20,30H,8H2,1H3,(H,29,32)(H,27,31,33)/t9-,15?,20?/m1/s1. The number of aromatic nitrogens is 2. The first kappa shape index (κ1) is 24.3. The molecule has 0 bridgehead atoms. The number of carbonyl (C=O) groups excluding carboxylic acids is 2. The lowest BCUT2D eigenvalue weighted by Gasteiger charge is -2.14. The van der Waals surface area contributed by atoms with Crippen molar-refractivity contribution in [3.8, 4) is 5.75 Å². The molecule has 1 saturated heterocycles. The van der Waals surface area contributed by atoms with Gasteiger partial charge in [-0.15, -0.1) is 11.3 Å². The molecule has 0 radical (unpaired) electrons. The van der Waals surface area contributed by atoms with Crippen molar-refractivity contribution >= 4 is 46.3 Å². The number of hydrogen-bond acceptors (Lipinski definition) is 8. The zero-order chi connectivity index (χ0) is 25.6. The highest BCUT2D eigenvalue weighted by Gasteiger charge is 2.42. The first-order valence-corrected chi connectivity index (χ1v) is 11.8. The lowest BCUT2D eigenvalue weighted by molar-refractivity contribution is -0.137. The van der Waals surface area contributed by atoms with Crippen LogP contribution in [0.1, 0.15) is 43.6 Å². The lowest BCUT2D eigenvalue weighted by atomic mass is 10.1. The Hall–Kier alpha value is -3.42. The summed E-state index contributed by atoms with van der Waals surface area (Å²) in [6, 6.07) is 5.11. The van der Waals surface area contributed by atoms with Gasteiger partial charge in [0, 0.05) is 11.8 Å². The summed E-state index contributed by atoms with van der Waals surface area (Å²) in [5.74, 6) is -0.742. The smallest absolute Gasteiger partial charge is 0.418 e. The Labute approximate surface area is 211 Å². The molecule has 5 rings (SSSR count). The van der Waals surface area contributed by atoms with Gasteiger partial charge in [0.15, 0.2) is 6.23 Å². The van der Waals surface area contributed by atoms with E-state index in [1.54, 1.807) is 25.1 Å². The first-order valence-electron chi connectivity index (χ1n) is 10.6. The summed E-state index contributed by atoms with van der Waals surface area (Å²) in [6.45, 7) is 2.13. The van der Waals surface area contributed by atoms with E-state index in [9.17, 15) is 22.8 Å². The van der Waals surface area contributed by atoms with Gasteiger partial charge in [-0.25, -0.2) is 9.97 Å². The molecule has 2 amide bonds. The number of rotatable bonds is 5. The maximum absolute atomic E-state index is 13.0. The van der Waals surface area contributed by atoms with Gasteiger partial charge in [0.05, 0.1) is 28.5 Å². The number of alkyl halides is 3. The number of hydrogen-bond donors (Lipinski definition) is 3. The molecule has 1 aromatic carbocycles. The van der Waals surface area contributed by atoms with Crippen molar-refractivity contribution in [3.63, 3.8) is 0 Å². The number of benzene rings is 1. The van der Waals surface area contributed by atoms with E-state index in [1.807, 2.05) is 0 Å². The van der Waals surface area contributed by atoms with Crippen LogP contribution < -0.4 is 20.7 Å². The van der Waals surface area contributed by atoms with E-state index >= 15 is 0 Å². The highest BCUT2D eigenvalue weighted by molar-refractivity contribution is 7.13. The number of halogens is 4. The average molecular weight is 540 g/mol. The highest BCUT2D eigenvalue weighted by Crippen LogP contribution is 2.36. The van der Waals surface area contributed by atoms with Gasteiger partial charge in [0.2, 0.25) is 0 Å². The van der Waals surface area contributed by atoms with E-state index in [0.29, 0.717) is 34.7 Å². The molecule has 3 N–H and O–H groups in total. The quantitative estimate of drug-likeness (QED) is 0.409. The molecule has 0 spiro atoms. The van der Waals surface area contributed by atoms with Crippen molar-refractivity contribution in [2.45, 2.75) is 31.5 Å². The molecular weight excluding hydrogens is 523 g/mol. The highest BCUT2D eigenvalue weighted by atomic mass is 35.5. The van der Waals surface area contributed by atoms with E-state index in [-0.39, 0.29) is 28.9 Å². The molecular formula is C22H17ClF3N5O4S. The summed E-state index contributed by atoms with van der Waals surface area (Å²) in [5.41, 5.74) is -0.0718. The minimum Gasteiger partial charge on any atom is -0.489 e. The number of fused-ring (bicyclic) bond motifs is 2. The Morgan fingerprint density at radius 3 is 2.81 bits per heavy atom. The third-order valence-electron chi connectivity index (χ3n) is 5.39. The number of nitrogens with one attached hydrogen (secondary N) is 3. The van der Waals surface area contributed by atoms with Crippen LogP contribution in [0.5, 0.6) is 5.75 Å². The van der Waals surface area contributed by atoms with Gasteiger partial charge in [0.25, 0.3) is 11.8 Å². The third-order valence-corrected chi connectivity index (χ3v) is 6.87. The molecule has 3 atom stereocenters. The molecule has 36 heavy (non-hydrogen) atoms. The van der Waals surface area contributed by atoms with Crippen LogP contribution in [0.15, 0.2) is 36.7 Å². The number of pyridine rings is 1. The molecule has 4 heterocycles. The fourth-order valence-electron chi connectivity index (χ4n) is 3.47. The van der Waals surface area contributed by atoms with Crippen molar-refractivity contribution in [1.29, 1.82) is 0 Å². The summed E-state index contributed by atoms with van der Waals surface area (Å²) < 4.78 is 50.2. The third kappa shape index (κ3) is 5.08. The number of ether oxygens (including phenoxy) is 2. The molecule has 2 aliphatic heterocycles. The number of thiazole rings is 1. The van der Waals surface area contributed by atoms with Crippen LogP contribution in [0.25, 0.3) is 0 Å². The Balaban J connectivity index is 1.23. The normalized spacial score (nSPS) is 19.0. The van der Waals surface area contributed by atoms with Crippen LogP contribution in [0.4, 0.5) is 24.7 Å². The van der Waals surface area contributed by atoms with Gasteiger partial charge < -0.3 is 25.4 Å². The monoisotopic (exact) mass is 539 g/mol. The minimum atomic E-state index is -4.70. The second kappa shape index (κ2) is 9.22. The summed E-state index contributed by atoms with van der Waals surface area (Å²) in [7, 11) is 0. The number of carbonyl (C=O) groups is 2. The van der Waals surface area contributed by atoms with Crippen molar-refractivity contribution < 1.29 is 32.2 Å². The molecule has 0 saturated carbocycles. The maximum Gasteiger partial charge on any atom is 0.418 e.